The second-order valence-corrected chi connectivity index (χ2v) is 5.52. The van der Waals surface area contributed by atoms with Crippen molar-refractivity contribution in [1.29, 1.82) is 0 Å². The molecule has 2 aromatic rings. The van der Waals surface area contributed by atoms with E-state index in [0.717, 1.165) is 4.88 Å². The molecule has 0 unspecified atom stereocenters. The Morgan fingerprint density at radius 3 is 2.89 bits per heavy atom. The summed E-state index contributed by atoms with van der Waals surface area (Å²) in [6, 6.07) is 5.48. The number of pyridine rings is 1. The first-order valence-corrected chi connectivity index (χ1v) is 6.69. The van der Waals surface area contributed by atoms with Gasteiger partial charge in [-0.15, -0.1) is 11.3 Å². The Balaban J connectivity index is 2.05. The molecule has 0 saturated heterocycles. The Morgan fingerprint density at radius 1 is 1.47 bits per heavy atom. The third-order valence-corrected chi connectivity index (χ3v) is 3.98. The van der Waals surface area contributed by atoms with Gasteiger partial charge < -0.3 is 10.7 Å². The fraction of sp³-hybridized carbons (Fsp3) is 0.231. The number of amides is 1. The summed E-state index contributed by atoms with van der Waals surface area (Å²) in [5, 5.41) is 2.87. The van der Waals surface area contributed by atoms with Gasteiger partial charge in [0.05, 0.1) is 12.1 Å². The standard InChI is InChI=1S/C13H16N4OS/c1-8-6-10(19-9(8)2)7-16-13(18)11-4-3-5-15-12(11)17-14/h3-6H,7,14H2,1-2H3,(H,15,17)(H,16,18). The SMILES string of the molecule is Cc1cc(CNC(=O)c2cccnc2NN)sc1C. The zero-order chi connectivity index (χ0) is 13.8. The second kappa shape index (κ2) is 5.81. The number of anilines is 1. The highest BCUT2D eigenvalue weighted by Crippen LogP contribution is 2.20. The van der Waals surface area contributed by atoms with Gasteiger partial charge in [0.2, 0.25) is 0 Å². The van der Waals surface area contributed by atoms with Crippen LogP contribution < -0.4 is 16.6 Å². The lowest BCUT2D eigenvalue weighted by Crippen LogP contribution is -2.24. The Hall–Kier alpha value is -1.92. The minimum atomic E-state index is -0.190. The van der Waals surface area contributed by atoms with Crippen molar-refractivity contribution < 1.29 is 4.79 Å². The lowest BCUT2D eigenvalue weighted by Gasteiger charge is -2.07. The molecular weight excluding hydrogens is 260 g/mol. The van der Waals surface area contributed by atoms with Gasteiger partial charge in [-0.25, -0.2) is 10.8 Å². The van der Waals surface area contributed by atoms with Gasteiger partial charge >= 0.3 is 0 Å². The molecule has 0 atom stereocenters. The highest BCUT2D eigenvalue weighted by Gasteiger charge is 2.11. The zero-order valence-corrected chi connectivity index (χ0v) is 11.7. The zero-order valence-electron chi connectivity index (χ0n) is 10.9. The van der Waals surface area contributed by atoms with Crippen molar-refractivity contribution in [3.8, 4) is 0 Å². The lowest BCUT2D eigenvalue weighted by atomic mass is 10.2. The summed E-state index contributed by atoms with van der Waals surface area (Å²) in [6.07, 6.45) is 1.58. The first kappa shape index (κ1) is 13.5. The molecule has 1 amide bonds. The quantitative estimate of drug-likeness (QED) is 0.589. The largest absolute Gasteiger partial charge is 0.347 e. The number of nitrogens with one attached hydrogen (secondary N) is 2. The maximum absolute atomic E-state index is 12.0. The van der Waals surface area contributed by atoms with Crippen LogP contribution in [0.4, 0.5) is 5.82 Å². The third-order valence-electron chi connectivity index (χ3n) is 2.83. The fourth-order valence-corrected chi connectivity index (χ4v) is 2.70. The average molecular weight is 276 g/mol. The molecule has 100 valence electrons. The minimum absolute atomic E-state index is 0.190. The van der Waals surface area contributed by atoms with Crippen LogP contribution in [0, 0.1) is 13.8 Å². The van der Waals surface area contributed by atoms with Crippen molar-refractivity contribution in [1.82, 2.24) is 10.3 Å². The van der Waals surface area contributed by atoms with Gasteiger partial charge in [-0.2, -0.15) is 0 Å². The number of aryl methyl sites for hydroxylation is 2. The molecule has 0 bridgehead atoms. The first-order chi connectivity index (χ1) is 9.11. The monoisotopic (exact) mass is 276 g/mol. The van der Waals surface area contributed by atoms with E-state index in [1.165, 1.54) is 10.4 Å². The molecular formula is C13H16N4OS. The number of hydrogen-bond donors (Lipinski definition) is 3. The Bertz CT molecular complexity index is 575. The Labute approximate surface area is 115 Å². The number of thiophene rings is 1. The molecule has 0 aromatic carbocycles. The number of carbonyl (C=O) groups excluding carboxylic acids is 1. The fourth-order valence-electron chi connectivity index (χ4n) is 1.70. The lowest BCUT2D eigenvalue weighted by molar-refractivity contribution is 0.0952. The van der Waals surface area contributed by atoms with Gasteiger partial charge in [0.1, 0.15) is 0 Å². The van der Waals surface area contributed by atoms with Crippen LogP contribution in [0.1, 0.15) is 25.7 Å². The number of nitrogen functional groups attached to an aromatic ring is 1. The Kier molecular flexibility index (Phi) is 4.13. The van der Waals surface area contributed by atoms with Crippen LogP contribution in [-0.2, 0) is 6.54 Å². The topological polar surface area (TPSA) is 80.0 Å². The molecule has 4 N–H and O–H groups in total. The summed E-state index contributed by atoms with van der Waals surface area (Å²) in [5.41, 5.74) is 4.11. The smallest absolute Gasteiger partial charge is 0.255 e. The van der Waals surface area contributed by atoms with Gasteiger partial charge in [0, 0.05) is 16.0 Å². The van der Waals surface area contributed by atoms with E-state index in [-0.39, 0.29) is 5.91 Å². The maximum Gasteiger partial charge on any atom is 0.255 e. The molecule has 0 fully saturated rings. The number of nitrogens with zero attached hydrogens (tertiary/aromatic N) is 1. The van der Waals surface area contributed by atoms with Gasteiger partial charge in [-0.05, 0) is 37.6 Å². The molecule has 19 heavy (non-hydrogen) atoms. The number of aromatic nitrogens is 1. The molecule has 0 aliphatic carbocycles. The van der Waals surface area contributed by atoms with E-state index in [1.807, 2.05) is 0 Å². The maximum atomic E-state index is 12.0. The van der Waals surface area contributed by atoms with E-state index in [1.54, 1.807) is 29.7 Å². The number of carbonyl (C=O) groups is 1. The number of rotatable bonds is 4. The number of nitrogens with two attached hydrogens (primary N) is 1. The van der Waals surface area contributed by atoms with Crippen molar-refractivity contribution in [2.45, 2.75) is 20.4 Å². The molecule has 0 spiro atoms. The van der Waals surface area contributed by atoms with E-state index in [4.69, 9.17) is 5.84 Å². The second-order valence-electron chi connectivity index (χ2n) is 4.18. The highest BCUT2D eigenvalue weighted by molar-refractivity contribution is 7.12. The van der Waals surface area contributed by atoms with Crippen LogP contribution in [0.25, 0.3) is 0 Å². The molecule has 0 saturated carbocycles. The molecule has 2 aromatic heterocycles. The molecule has 0 aliphatic rings. The van der Waals surface area contributed by atoms with Crippen molar-refractivity contribution in [3.05, 3.63) is 45.3 Å². The van der Waals surface area contributed by atoms with Crippen LogP contribution in [0.5, 0.6) is 0 Å². The van der Waals surface area contributed by atoms with Gasteiger partial charge in [0.25, 0.3) is 5.91 Å². The summed E-state index contributed by atoms with van der Waals surface area (Å²) in [6.45, 7) is 4.65. The predicted octanol–water partition coefficient (Wildman–Crippen LogP) is 1.98. The summed E-state index contributed by atoms with van der Waals surface area (Å²) in [7, 11) is 0. The summed E-state index contributed by atoms with van der Waals surface area (Å²) >= 11 is 1.69. The molecule has 0 radical (unpaired) electrons. The average Bonchev–Trinajstić information content (AvgIpc) is 2.75. The van der Waals surface area contributed by atoms with Crippen LogP contribution in [0.3, 0.4) is 0 Å². The van der Waals surface area contributed by atoms with E-state index >= 15 is 0 Å². The molecule has 2 rings (SSSR count). The van der Waals surface area contributed by atoms with Gasteiger partial charge in [-0.3, -0.25) is 4.79 Å². The highest BCUT2D eigenvalue weighted by atomic mass is 32.1. The molecule has 0 aliphatic heterocycles. The molecule has 6 heteroatoms. The minimum Gasteiger partial charge on any atom is -0.347 e. The van der Waals surface area contributed by atoms with Crippen LogP contribution >= 0.6 is 11.3 Å². The van der Waals surface area contributed by atoms with Crippen molar-refractivity contribution in [2.24, 2.45) is 5.84 Å². The van der Waals surface area contributed by atoms with E-state index in [2.05, 4.69) is 35.6 Å². The number of hydrogen-bond acceptors (Lipinski definition) is 5. The molecule has 5 nitrogen and oxygen atoms in total. The van der Waals surface area contributed by atoms with Crippen LogP contribution in [0.2, 0.25) is 0 Å². The van der Waals surface area contributed by atoms with Gasteiger partial charge in [0.15, 0.2) is 5.82 Å². The van der Waals surface area contributed by atoms with Crippen molar-refractivity contribution >= 4 is 23.1 Å². The van der Waals surface area contributed by atoms with Crippen molar-refractivity contribution in [3.63, 3.8) is 0 Å². The van der Waals surface area contributed by atoms with Crippen LogP contribution in [0.15, 0.2) is 24.4 Å². The predicted molar refractivity (Wildman–Crippen MR) is 77.0 cm³/mol. The van der Waals surface area contributed by atoms with E-state index in [0.29, 0.717) is 17.9 Å². The van der Waals surface area contributed by atoms with Gasteiger partial charge in [-0.1, -0.05) is 0 Å². The normalized spacial score (nSPS) is 10.3. The Morgan fingerprint density at radius 2 is 2.26 bits per heavy atom. The first-order valence-electron chi connectivity index (χ1n) is 5.87. The third kappa shape index (κ3) is 3.10. The summed E-state index contributed by atoms with van der Waals surface area (Å²) < 4.78 is 0. The summed E-state index contributed by atoms with van der Waals surface area (Å²) in [5.74, 6) is 5.51. The van der Waals surface area contributed by atoms with Crippen LogP contribution in [-0.4, -0.2) is 10.9 Å². The number of hydrazine groups is 1. The van der Waals surface area contributed by atoms with Crippen molar-refractivity contribution in [2.75, 3.05) is 5.43 Å². The van der Waals surface area contributed by atoms with E-state index < -0.39 is 0 Å². The summed E-state index contributed by atoms with van der Waals surface area (Å²) in [4.78, 5) is 18.5. The molecule has 2 heterocycles. The van der Waals surface area contributed by atoms with E-state index in [9.17, 15) is 4.79 Å².